The largest absolute Gasteiger partial charge is 0.481 e. The van der Waals surface area contributed by atoms with Gasteiger partial charge in [0, 0.05) is 31.8 Å². The lowest BCUT2D eigenvalue weighted by Crippen LogP contribution is -2.28. The molecule has 1 fully saturated rings. The van der Waals surface area contributed by atoms with Crippen molar-refractivity contribution in [2.75, 3.05) is 38.4 Å². The fourth-order valence-corrected chi connectivity index (χ4v) is 3.68. The van der Waals surface area contributed by atoms with Gasteiger partial charge in [-0.3, -0.25) is 4.79 Å². The van der Waals surface area contributed by atoms with E-state index >= 15 is 0 Å². The summed E-state index contributed by atoms with van der Waals surface area (Å²) in [7, 11) is -3.07. The second-order valence-electron chi connectivity index (χ2n) is 6.05. The number of carbonyl (C=O) groups is 1. The number of sulfone groups is 1. The Labute approximate surface area is 134 Å². The molecule has 2 aliphatic rings. The highest BCUT2D eigenvalue weighted by Gasteiger charge is 2.39. The number of benzene rings is 1. The fourth-order valence-electron chi connectivity index (χ4n) is 3.09. The van der Waals surface area contributed by atoms with Crippen LogP contribution in [0.5, 0.6) is 11.5 Å². The first-order valence-corrected chi connectivity index (χ1v) is 9.42. The highest BCUT2D eigenvalue weighted by Crippen LogP contribution is 2.39. The van der Waals surface area contributed by atoms with E-state index in [2.05, 4.69) is 0 Å². The minimum Gasteiger partial charge on any atom is -0.481 e. The van der Waals surface area contributed by atoms with Crippen LogP contribution >= 0.6 is 0 Å². The zero-order valence-electron chi connectivity index (χ0n) is 12.8. The topological polar surface area (TPSA) is 93.1 Å². The van der Waals surface area contributed by atoms with Crippen molar-refractivity contribution in [1.29, 1.82) is 0 Å². The standard InChI is InChI=1S/C15H19NO6S/c1-23(19,20)5-4-16-7-11(12(8-16)15(17)18)10-2-3-13-14(6-10)22-9-21-13/h2-3,6,11-12H,4-5,7-9H2,1H3,(H,17,18)/t11-,12+/m0/s1. The summed E-state index contributed by atoms with van der Waals surface area (Å²) in [5.74, 6) is -0.299. The van der Waals surface area contributed by atoms with Crippen LogP contribution in [0.4, 0.5) is 0 Å². The number of carboxylic acid groups (broad SMARTS) is 1. The van der Waals surface area contributed by atoms with E-state index in [4.69, 9.17) is 9.47 Å². The summed E-state index contributed by atoms with van der Waals surface area (Å²) in [5.41, 5.74) is 0.878. The first-order valence-electron chi connectivity index (χ1n) is 7.36. The summed E-state index contributed by atoms with van der Waals surface area (Å²) in [4.78, 5) is 13.5. The van der Waals surface area contributed by atoms with E-state index in [0.29, 0.717) is 31.1 Å². The zero-order chi connectivity index (χ0) is 16.6. The van der Waals surface area contributed by atoms with Crippen molar-refractivity contribution < 1.29 is 27.8 Å². The molecule has 0 aromatic heterocycles. The van der Waals surface area contributed by atoms with E-state index in [1.54, 1.807) is 6.07 Å². The second-order valence-corrected chi connectivity index (χ2v) is 8.31. The Morgan fingerprint density at radius 2 is 2.04 bits per heavy atom. The molecule has 3 rings (SSSR count). The van der Waals surface area contributed by atoms with Gasteiger partial charge in [0.05, 0.1) is 11.7 Å². The first-order chi connectivity index (χ1) is 10.8. The third-order valence-corrected chi connectivity index (χ3v) is 5.24. The molecule has 23 heavy (non-hydrogen) atoms. The predicted molar refractivity (Wildman–Crippen MR) is 82.6 cm³/mol. The van der Waals surface area contributed by atoms with Gasteiger partial charge < -0.3 is 19.5 Å². The van der Waals surface area contributed by atoms with Gasteiger partial charge in [0.15, 0.2) is 11.5 Å². The third kappa shape index (κ3) is 3.59. The van der Waals surface area contributed by atoms with Crippen molar-refractivity contribution in [2.24, 2.45) is 5.92 Å². The van der Waals surface area contributed by atoms with Crippen LogP contribution in [0, 0.1) is 5.92 Å². The molecule has 1 N–H and O–H groups in total. The number of aliphatic carboxylic acids is 1. The summed E-state index contributed by atoms with van der Waals surface area (Å²) in [6, 6.07) is 5.47. The number of hydrogen-bond donors (Lipinski definition) is 1. The molecule has 2 aliphatic heterocycles. The number of nitrogens with zero attached hydrogens (tertiary/aromatic N) is 1. The Bertz CT molecular complexity index is 717. The molecule has 8 heteroatoms. The van der Waals surface area contributed by atoms with Crippen LogP contribution in [-0.4, -0.2) is 62.8 Å². The number of carboxylic acids is 1. The van der Waals surface area contributed by atoms with E-state index in [-0.39, 0.29) is 18.5 Å². The molecule has 0 amide bonds. The maximum Gasteiger partial charge on any atom is 0.308 e. The minimum atomic E-state index is -3.07. The number of likely N-dealkylation sites (tertiary alicyclic amines) is 1. The predicted octanol–water partition coefficient (Wildman–Crippen LogP) is 0.560. The molecule has 0 spiro atoms. The molecule has 0 aliphatic carbocycles. The van der Waals surface area contributed by atoms with E-state index in [1.165, 1.54) is 6.26 Å². The van der Waals surface area contributed by atoms with E-state index in [0.717, 1.165) is 5.56 Å². The molecule has 126 valence electrons. The summed E-state index contributed by atoms with van der Waals surface area (Å²) < 4.78 is 33.2. The molecule has 2 heterocycles. The lowest BCUT2D eigenvalue weighted by Gasteiger charge is -2.16. The van der Waals surface area contributed by atoms with Crippen LogP contribution in [-0.2, 0) is 14.6 Å². The molecule has 0 radical (unpaired) electrons. The van der Waals surface area contributed by atoms with Gasteiger partial charge in [-0.25, -0.2) is 8.42 Å². The Morgan fingerprint density at radius 1 is 1.30 bits per heavy atom. The first kappa shape index (κ1) is 16.1. The summed E-state index contributed by atoms with van der Waals surface area (Å²) in [6.45, 7) is 1.39. The fraction of sp³-hybridized carbons (Fsp3) is 0.533. The maximum absolute atomic E-state index is 11.6. The van der Waals surface area contributed by atoms with Crippen LogP contribution in [0.2, 0.25) is 0 Å². The van der Waals surface area contributed by atoms with Crippen molar-refractivity contribution >= 4 is 15.8 Å². The molecule has 7 nitrogen and oxygen atoms in total. The summed E-state index contributed by atoms with van der Waals surface area (Å²) >= 11 is 0. The molecule has 2 atom stereocenters. The van der Waals surface area contributed by atoms with Gasteiger partial charge in [0.25, 0.3) is 0 Å². The van der Waals surface area contributed by atoms with Crippen LogP contribution in [0.25, 0.3) is 0 Å². The minimum absolute atomic E-state index is 0.0349. The van der Waals surface area contributed by atoms with Gasteiger partial charge in [-0.2, -0.15) is 0 Å². The SMILES string of the molecule is CS(=O)(=O)CCN1C[C@@H](C(=O)O)[C@H](c2ccc3c(c2)OCO3)C1. The van der Waals surface area contributed by atoms with Crippen molar-refractivity contribution in [3.8, 4) is 11.5 Å². The molecular weight excluding hydrogens is 322 g/mol. The normalized spacial score (nSPS) is 24.0. The Kier molecular flexibility index (Phi) is 4.20. The molecule has 0 bridgehead atoms. The van der Waals surface area contributed by atoms with Gasteiger partial charge >= 0.3 is 5.97 Å². The van der Waals surface area contributed by atoms with Gasteiger partial charge in [0.1, 0.15) is 9.84 Å². The number of fused-ring (bicyclic) bond motifs is 1. The lowest BCUT2D eigenvalue weighted by molar-refractivity contribution is -0.141. The average molecular weight is 341 g/mol. The molecule has 1 saturated heterocycles. The molecule has 0 saturated carbocycles. The Hall–Kier alpha value is -1.80. The van der Waals surface area contributed by atoms with Crippen molar-refractivity contribution in [3.05, 3.63) is 23.8 Å². The highest BCUT2D eigenvalue weighted by molar-refractivity contribution is 7.90. The highest BCUT2D eigenvalue weighted by atomic mass is 32.2. The third-order valence-electron chi connectivity index (χ3n) is 4.32. The lowest BCUT2D eigenvalue weighted by atomic mass is 9.89. The molecule has 0 unspecified atom stereocenters. The van der Waals surface area contributed by atoms with Crippen molar-refractivity contribution in [3.63, 3.8) is 0 Å². The maximum atomic E-state index is 11.6. The molecule has 1 aromatic rings. The van der Waals surface area contributed by atoms with E-state index in [1.807, 2.05) is 17.0 Å². The molecular formula is C15H19NO6S. The summed E-state index contributed by atoms with van der Waals surface area (Å²) in [5, 5.41) is 9.48. The second kappa shape index (κ2) is 6.01. The van der Waals surface area contributed by atoms with Crippen molar-refractivity contribution in [1.82, 2.24) is 4.90 Å². The Morgan fingerprint density at radius 3 is 2.74 bits per heavy atom. The molecule has 1 aromatic carbocycles. The Balaban J connectivity index is 1.78. The van der Waals surface area contributed by atoms with Gasteiger partial charge in [-0.15, -0.1) is 0 Å². The van der Waals surface area contributed by atoms with Gasteiger partial charge in [-0.05, 0) is 17.7 Å². The smallest absolute Gasteiger partial charge is 0.308 e. The van der Waals surface area contributed by atoms with Crippen LogP contribution in [0.15, 0.2) is 18.2 Å². The number of ether oxygens (including phenoxy) is 2. The van der Waals surface area contributed by atoms with Gasteiger partial charge in [0.2, 0.25) is 6.79 Å². The zero-order valence-corrected chi connectivity index (χ0v) is 13.6. The van der Waals surface area contributed by atoms with Crippen molar-refractivity contribution in [2.45, 2.75) is 5.92 Å². The van der Waals surface area contributed by atoms with E-state index in [9.17, 15) is 18.3 Å². The quantitative estimate of drug-likeness (QED) is 0.836. The van der Waals surface area contributed by atoms with E-state index < -0.39 is 21.7 Å². The van der Waals surface area contributed by atoms with Crippen LogP contribution in [0.3, 0.4) is 0 Å². The monoisotopic (exact) mass is 341 g/mol. The number of rotatable bonds is 5. The van der Waals surface area contributed by atoms with Gasteiger partial charge in [-0.1, -0.05) is 6.07 Å². The van der Waals surface area contributed by atoms with Crippen LogP contribution in [0.1, 0.15) is 11.5 Å². The average Bonchev–Trinajstić information content (AvgIpc) is 3.10. The van der Waals surface area contributed by atoms with Crippen LogP contribution < -0.4 is 9.47 Å². The summed E-state index contributed by atoms with van der Waals surface area (Å²) in [6.07, 6.45) is 1.19. The number of hydrogen-bond acceptors (Lipinski definition) is 6.